The molecule has 0 saturated heterocycles. The number of phenols is 1. The van der Waals surface area contributed by atoms with Crippen molar-refractivity contribution in [3.05, 3.63) is 90.7 Å². The number of nitro benzene ring substituents is 1. The largest absolute Gasteiger partial charge is 0.508 e. The third-order valence-corrected chi connectivity index (χ3v) is 6.59. The first-order chi connectivity index (χ1) is 16.5. The van der Waals surface area contributed by atoms with E-state index in [2.05, 4.69) is 0 Å². The van der Waals surface area contributed by atoms with Gasteiger partial charge in [0.05, 0.1) is 39.4 Å². The second-order valence-corrected chi connectivity index (χ2v) is 9.40. The Kier molecular flexibility index (Phi) is 4.95. The van der Waals surface area contributed by atoms with Crippen LogP contribution >= 0.6 is 0 Å². The molecule has 1 atom stereocenters. The minimum absolute atomic E-state index is 0.101. The number of nitro groups is 1. The normalized spacial score (nSPS) is 16.9. The van der Waals surface area contributed by atoms with Gasteiger partial charge in [-0.25, -0.2) is 4.79 Å². The van der Waals surface area contributed by atoms with Crippen LogP contribution in [-0.4, -0.2) is 30.3 Å². The van der Waals surface area contributed by atoms with Gasteiger partial charge >= 0.3 is 5.69 Å². The number of aromatic nitrogens is 3. The first-order valence-electron chi connectivity index (χ1n) is 11.0. The van der Waals surface area contributed by atoms with Gasteiger partial charge in [-0.15, -0.1) is 0 Å². The molecule has 1 N–H and O–H groups in total. The molecular weight excluding hydrogens is 452 g/mol. The van der Waals surface area contributed by atoms with Gasteiger partial charge in [-0.05, 0) is 31.5 Å². The number of benzene rings is 2. The number of hydrogen-bond donors (Lipinski definition) is 1. The maximum absolute atomic E-state index is 13.6. The molecule has 3 heterocycles. The Hall–Kier alpha value is -4.18. The highest BCUT2D eigenvalue weighted by atomic mass is 16.6. The fraction of sp³-hybridized carbons (Fsp3) is 0.280. The first kappa shape index (κ1) is 22.6. The number of non-ortho nitro benzene ring substituents is 1. The van der Waals surface area contributed by atoms with Gasteiger partial charge in [0.2, 0.25) is 0 Å². The molecule has 2 aromatic carbocycles. The van der Waals surface area contributed by atoms with E-state index in [0.29, 0.717) is 22.5 Å². The van der Waals surface area contributed by atoms with Gasteiger partial charge in [0, 0.05) is 31.8 Å². The molecule has 0 unspecified atom stereocenters. The highest BCUT2D eigenvalue weighted by molar-refractivity contribution is 5.97. The number of ether oxygens (including phenoxy) is 1. The summed E-state index contributed by atoms with van der Waals surface area (Å²) in [6, 6.07) is 12.7. The number of nitrogens with zero attached hydrogens (tertiary/aromatic N) is 4. The Morgan fingerprint density at radius 2 is 1.77 bits per heavy atom. The molecule has 0 spiro atoms. The van der Waals surface area contributed by atoms with Gasteiger partial charge in [-0.2, -0.15) is 0 Å². The fourth-order valence-corrected chi connectivity index (χ4v) is 4.94. The lowest BCUT2D eigenvalue weighted by molar-refractivity contribution is -0.384. The standard InChI is InChI=1S/C25H24N4O6/c1-25(2)13-35-22(14-8-10-17(30)11-9-14)21-20-18(23(31)27(4)24(32)26(20)3)19(28(21)25)15-6-5-7-16(12-15)29(33)34/h5-12,22,30H,13H2,1-4H3/t22-/m0/s1. The maximum Gasteiger partial charge on any atom is 0.331 e. The first-order valence-corrected chi connectivity index (χ1v) is 11.0. The van der Waals surface area contributed by atoms with E-state index in [-0.39, 0.29) is 23.4 Å². The third kappa shape index (κ3) is 3.28. The molecular formula is C25H24N4O6. The predicted octanol–water partition coefficient (Wildman–Crippen LogP) is 3.17. The minimum Gasteiger partial charge on any atom is -0.508 e. The topological polar surface area (TPSA) is 122 Å². The zero-order valence-electron chi connectivity index (χ0n) is 19.7. The smallest absolute Gasteiger partial charge is 0.331 e. The Morgan fingerprint density at radius 3 is 2.43 bits per heavy atom. The number of hydrogen-bond acceptors (Lipinski definition) is 6. The van der Waals surface area contributed by atoms with Gasteiger partial charge in [0.15, 0.2) is 0 Å². The lowest BCUT2D eigenvalue weighted by atomic mass is 9.98. The van der Waals surface area contributed by atoms with Crippen molar-refractivity contribution in [1.82, 2.24) is 13.7 Å². The van der Waals surface area contributed by atoms with Gasteiger partial charge < -0.3 is 14.4 Å². The lowest BCUT2D eigenvalue weighted by Gasteiger charge is -2.39. The van der Waals surface area contributed by atoms with E-state index in [1.165, 1.54) is 23.7 Å². The van der Waals surface area contributed by atoms with Crippen LogP contribution in [0.2, 0.25) is 0 Å². The molecule has 180 valence electrons. The second kappa shape index (κ2) is 7.67. The SMILES string of the molecule is Cn1c(=O)c2c(-c3cccc([N+](=O)[O-])c3)n3c(c2n(C)c1=O)[C@H](c1ccc(O)cc1)OCC3(C)C. The zero-order valence-corrected chi connectivity index (χ0v) is 19.7. The summed E-state index contributed by atoms with van der Waals surface area (Å²) in [6.45, 7) is 4.18. The molecule has 1 aliphatic heterocycles. The maximum atomic E-state index is 13.6. The van der Waals surface area contributed by atoms with Crippen molar-refractivity contribution in [3.63, 3.8) is 0 Å². The summed E-state index contributed by atoms with van der Waals surface area (Å²) in [5, 5.41) is 21.6. The van der Waals surface area contributed by atoms with Crippen molar-refractivity contribution in [1.29, 1.82) is 0 Å². The molecule has 0 saturated carbocycles. The lowest BCUT2D eigenvalue weighted by Crippen LogP contribution is -2.40. The van der Waals surface area contributed by atoms with Crippen LogP contribution in [0.1, 0.15) is 31.2 Å². The van der Waals surface area contributed by atoms with Crippen molar-refractivity contribution >= 4 is 16.6 Å². The molecule has 4 aromatic rings. The Bertz CT molecular complexity index is 1630. The van der Waals surface area contributed by atoms with E-state index in [9.17, 15) is 24.8 Å². The van der Waals surface area contributed by atoms with Crippen LogP contribution in [0.4, 0.5) is 5.69 Å². The molecule has 0 amide bonds. The molecule has 35 heavy (non-hydrogen) atoms. The molecule has 1 aliphatic rings. The van der Waals surface area contributed by atoms with Crippen molar-refractivity contribution in [2.24, 2.45) is 14.1 Å². The number of rotatable bonds is 3. The van der Waals surface area contributed by atoms with Crippen LogP contribution in [0, 0.1) is 10.1 Å². The van der Waals surface area contributed by atoms with Crippen molar-refractivity contribution in [2.45, 2.75) is 25.5 Å². The fourth-order valence-electron chi connectivity index (χ4n) is 4.94. The van der Waals surface area contributed by atoms with E-state index in [4.69, 9.17) is 4.74 Å². The number of phenolic OH excluding ortho intramolecular Hbond substituents is 1. The quantitative estimate of drug-likeness (QED) is 0.358. The van der Waals surface area contributed by atoms with Crippen molar-refractivity contribution < 1.29 is 14.8 Å². The molecule has 10 nitrogen and oxygen atoms in total. The second-order valence-electron chi connectivity index (χ2n) is 9.40. The van der Waals surface area contributed by atoms with Gasteiger partial charge in [-0.3, -0.25) is 24.0 Å². The van der Waals surface area contributed by atoms with E-state index in [1.807, 2.05) is 18.4 Å². The van der Waals surface area contributed by atoms with Crippen LogP contribution in [0.3, 0.4) is 0 Å². The van der Waals surface area contributed by atoms with E-state index >= 15 is 0 Å². The summed E-state index contributed by atoms with van der Waals surface area (Å²) in [7, 11) is 3.01. The van der Waals surface area contributed by atoms with Crippen molar-refractivity contribution in [3.8, 4) is 17.0 Å². The van der Waals surface area contributed by atoms with Gasteiger partial charge in [0.25, 0.3) is 11.2 Å². The van der Waals surface area contributed by atoms with Crippen LogP contribution in [0.5, 0.6) is 5.75 Å². The molecule has 0 radical (unpaired) electrons. The van der Waals surface area contributed by atoms with Crippen LogP contribution < -0.4 is 11.2 Å². The third-order valence-electron chi connectivity index (χ3n) is 6.59. The van der Waals surface area contributed by atoms with E-state index < -0.39 is 27.8 Å². The summed E-state index contributed by atoms with van der Waals surface area (Å²) in [6.07, 6.45) is -0.642. The van der Waals surface area contributed by atoms with E-state index in [0.717, 1.165) is 10.1 Å². The van der Waals surface area contributed by atoms with Crippen LogP contribution in [0.25, 0.3) is 22.2 Å². The number of aromatic hydroxyl groups is 1. The summed E-state index contributed by atoms with van der Waals surface area (Å²) >= 11 is 0. The summed E-state index contributed by atoms with van der Waals surface area (Å²) in [5.41, 5.74) is 0.985. The highest BCUT2D eigenvalue weighted by Crippen LogP contribution is 2.45. The molecule has 5 rings (SSSR count). The molecule has 0 bridgehead atoms. The van der Waals surface area contributed by atoms with E-state index in [1.54, 1.807) is 43.4 Å². The average Bonchev–Trinajstić information content (AvgIpc) is 3.20. The molecule has 10 heteroatoms. The zero-order chi connectivity index (χ0) is 25.2. The Morgan fingerprint density at radius 1 is 1.09 bits per heavy atom. The number of aryl methyl sites for hydroxylation is 1. The summed E-state index contributed by atoms with van der Waals surface area (Å²) < 4.78 is 10.7. The van der Waals surface area contributed by atoms with Gasteiger partial charge in [0.1, 0.15) is 11.9 Å². The minimum atomic E-state index is -0.650. The summed E-state index contributed by atoms with van der Waals surface area (Å²) in [5.74, 6) is 0.101. The Labute approximate surface area is 199 Å². The van der Waals surface area contributed by atoms with Crippen LogP contribution in [0.15, 0.2) is 58.1 Å². The highest BCUT2D eigenvalue weighted by Gasteiger charge is 2.40. The average molecular weight is 476 g/mol. The number of fused-ring (bicyclic) bond motifs is 3. The van der Waals surface area contributed by atoms with Gasteiger partial charge in [-0.1, -0.05) is 24.3 Å². The molecule has 0 fully saturated rings. The van der Waals surface area contributed by atoms with Crippen LogP contribution in [-0.2, 0) is 24.4 Å². The summed E-state index contributed by atoms with van der Waals surface area (Å²) in [4.78, 5) is 37.6. The molecule has 0 aliphatic carbocycles. The monoisotopic (exact) mass is 476 g/mol. The molecule has 2 aromatic heterocycles. The van der Waals surface area contributed by atoms with Crippen molar-refractivity contribution in [2.75, 3.05) is 6.61 Å². The Balaban J connectivity index is 2.00. The predicted molar refractivity (Wildman–Crippen MR) is 130 cm³/mol.